The van der Waals surface area contributed by atoms with Crippen molar-refractivity contribution in [2.24, 2.45) is 5.92 Å². The summed E-state index contributed by atoms with van der Waals surface area (Å²) in [6, 6.07) is 4.74. The summed E-state index contributed by atoms with van der Waals surface area (Å²) in [6.45, 7) is 2.31. The van der Waals surface area contributed by atoms with Gasteiger partial charge in [-0.25, -0.2) is 8.42 Å². The number of rotatable bonds is 3. The van der Waals surface area contributed by atoms with Gasteiger partial charge in [0.25, 0.3) is 0 Å². The highest BCUT2D eigenvalue weighted by Crippen LogP contribution is 2.32. The number of hydrogen-bond acceptors (Lipinski definition) is 4. The molecule has 1 aromatic rings. The number of benzene rings is 1. The molecule has 1 saturated heterocycles. The van der Waals surface area contributed by atoms with Gasteiger partial charge in [-0.3, -0.25) is 9.69 Å². The molecule has 0 aromatic heterocycles. The van der Waals surface area contributed by atoms with Crippen LogP contribution in [0.2, 0.25) is 0 Å². The second-order valence-electron chi connectivity index (χ2n) is 8.09. The van der Waals surface area contributed by atoms with Crippen molar-refractivity contribution in [3.05, 3.63) is 35.4 Å². The van der Waals surface area contributed by atoms with Gasteiger partial charge in [0.1, 0.15) is 0 Å². The number of fused-ring (bicyclic) bond motifs is 1. The molecule has 0 bridgehead atoms. The van der Waals surface area contributed by atoms with Crippen LogP contribution in [0.15, 0.2) is 24.3 Å². The van der Waals surface area contributed by atoms with Crippen LogP contribution in [-0.2, 0) is 27.5 Å². The normalized spacial score (nSPS) is 25.4. The predicted molar refractivity (Wildman–Crippen MR) is 107 cm³/mol. The third kappa shape index (κ3) is 5.73. The fraction of sp³-hybridized carbons (Fsp3) is 0.650. The van der Waals surface area contributed by atoms with Gasteiger partial charge in [0, 0.05) is 32.2 Å². The van der Waals surface area contributed by atoms with E-state index >= 15 is 0 Å². The zero-order valence-electron chi connectivity index (χ0n) is 17.0. The van der Waals surface area contributed by atoms with E-state index in [-0.39, 0.29) is 17.9 Å². The molecule has 1 amide bonds. The number of amides is 1. The second kappa shape index (κ2) is 9.23. The lowest BCUT2D eigenvalue weighted by atomic mass is 10.0. The third-order valence-corrected chi connectivity index (χ3v) is 7.19. The number of halogens is 3. The first-order chi connectivity index (χ1) is 14.1. The molecule has 1 saturated carbocycles. The number of carbonyl (C=O) groups is 1. The van der Waals surface area contributed by atoms with Crippen molar-refractivity contribution in [2.45, 2.75) is 44.4 Å². The van der Waals surface area contributed by atoms with E-state index in [2.05, 4.69) is 5.32 Å². The maximum Gasteiger partial charge on any atom is 0.416 e. The summed E-state index contributed by atoms with van der Waals surface area (Å²) < 4.78 is 64.5. The molecule has 6 nitrogen and oxygen atoms in total. The zero-order chi connectivity index (χ0) is 21.9. The molecule has 1 aliphatic heterocycles. The average molecular weight is 448 g/mol. The highest BCUT2D eigenvalue weighted by molar-refractivity contribution is 7.88. The summed E-state index contributed by atoms with van der Waals surface area (Å²) in [6.07, 6.45) is -0.414. The molecule has 1 N–H and O–H groups in total. The molecule has 2 fully saturated rings. The van der Waals surface area contributed by atoms with Gasteiger partial charge in [-0.05, 0) is 43.5 Å². The summed E-state index contributed by atoms with van der Waals surface area (Å²) in [5.74, 6) is -0.455. The fourth-order valence-electron chi connectivity index (χ4n) is 4.41. The van der Waals surface area contributed by atoms with Gasteiger partial charge in [0.05, 0.1) is 17.7 Å². The van der Waals surface area contributed by atoms with Crippen LogP contribution in [-0.4, -0.2) is 62.0 Å². The van der Waals surface area contributed by atoms with Crippen molar-refractivity contribution in [1.82, 2.24) is 14.5 Å². The van der Waals surface area contributed by atoms with Gasteiger partial charge in [-0.15, -0.1) is 0 Å². The van der Waals surface area contributed by atoms with Crippen LogP contribution in [0.5, 0.6) is 0 Å². The lowest BCUT2D eigenvalue weighted by molar-refractivity contribution is -0.137. The molecule has 1 aliphatic carbocycles. The van der Waals surface area contributed by atoms with Crippen LogP contribution >= 0.6 is 0 Å². The maximum absolute atomic E-state index is 12.8. The minimum absolute atomic E-state index is 0.123. The van der Waals surface area contributed by atoms with E-state index in [1.807, 2.05) is 4.90 Å². The molecule has 168 valence electrons. The largest absolute Gasteiger partial charge is 0.416 e. The number of nitrogens with one attached hydrogen (secondary N) is 1. The molecule has 1 heterocycles. The Balaban J connectivity index is 1.71. The predicted octanol–water partition coefficient (Wildman–Crippen LogP) is 2.46. The van der Waals surface area contributed by atoms with Gasteiger partial charge in [-0.2, -0.15) is 17.5 Å². The smallest absolute Gasteiger partial charge is 0.355 e. The third-order valence-electron chi connectivity index (χ3n) is 5.88. The van der Waals surface area contributed by atoms with Crippen LogP contribution in [0.4, 0.5) is 13.2 Å². The van der Waals surface area contributed by atoms with E-state index in [0.29, 0.717) is 52.0 Å². The highest BCUT2D eigenvalue weighted by Gasteiger charge is 2.40. The van der Waals surface area contributed by atoms with Gasteiger partial charge >= 0.3 is 6.18 Å². The number of alkyl halides is 3. The first kappa shape index (κ1) is 23.0. The van der Waals surface area contributed by atoms with E-state index in [0.717, 1.165) is 24.1 Å². The van der Waals surface area contributed by atoms with E-state index < -0.39 is 21.8 Å². The molecule has 0 radical (unpaired) electrons. The highest BCUT2D eigenvalue weighted by atomic mass is 32.2. The molecule has 2 unspecified atom stereocenters. The van der Waals surface area contributed by atoms with Crippen LogP contribution in [0, 0.1) is 5.92 Å². The summed E-state index contributed by atoms with van der Waals surface area (Å²) in [5, 5.41) is 2.92. The van der Waals surface area contributed by atoms with Gasteiger partial charge < -0.3 is 5.32 Å². The second-order valence-corrected chi connectivity index (χ2v) is 10.0. The van der Waals surface area contributed by atoms with Crippen molar-refractivity contribution in [1.29, 1.82) is 0 Å². The first-order valence-corrected chi connectivity index (χ1v) is 12.0. The lowest BCUT2D eigenvalue weighted by Crippen LogP contribution is -2.47. The summed E-state index contributed by atoms with van der Waals surface area (Å²) in [7, 11) is -3.45. The molecular weight excluding hydrogens is 419 g/mol. The van der Waals surface area contributed by atoms with Crippen molar-refractivity contribution in [3.8, 4) is 0 Å². The quantitative estimate of drug-likeness (QED) is 0.773. The Labute approximate surface area is 175 Å². The van der Waals surface area contributed by atoms with Crippen molar-refractivity contribution < 1.29 is 26.4 Å². The Bertz CT molecular complexity index is 843. The average Bonchev–Trinajstić information content (AvgIpc) is 3.11. The van der Waals surface area contributed by atoms with Crippen molar-refractivity contribution in [2.75, 3.05) is 32.4 Å². The Morgan fingerprint density at radius 3 is 2.40 bits per heavy atom. The minimum atomic E-state index is -4.37. The van der Waals surface area contributed by atoms with E-state index in [9.17, 15) is 26.4 Å². The molecule has 30 heavy (non-hydrogen) atoms. The number of nitrogens with zero attached hydrogens (tertiary/aromatic N) is 2. The topological polar surface area (TPSA) is 69.7 Å². The van der Waals surface area contributed by atoms with Gasteiger partial charge in [0.2, 0.25) is 15.9 Å². The van der Waals surface area contributed by atoms with Crippen LogP contribution in [0.3, 0.4) is 0 Å². The molecule has 2 aliphatic rings. The SMILES string of the molecule is CS(=O)(=O)N1CCCN(Cc2ccc(C(F)(F)F)cc2)CCNC(=O)C2CCCC21. The first-order valence-electron chi connectivity index (χ1n) is 10.2. The summed E-state index contributed by atoms with van der Waals surface area (Å²) in [4.78, 5) is 14.7. The lowest BCUT2D eigenvalue weighted by Gasteiger charge is -2.30. The molecule has 0 spiro atoms. The summed E-state index contributed by atoms with van der Waals surface area (Å²) in [5.41, 5.74) is 0.0485. The zero-order valence-corrected chi connectivity index (χ0v) is 17.8. The van der Waals surface area contributed by atoms with E-state index in [1.165, 1.54) is 22.7 Å². The van der Waals surface area contributed by atoms with E-state index in [1.54, 1.807) is 0 Å². The van der Waals surface area contributed by atoms with Crippen molar-refractivity contribution >= 4 is 15.9 Å². The maximum atomic E-state index is 12.8. The Morgan fingerprint density at radius 1 is 1.07 bits per heavy atom. The Morgan fingerprint density at radius 2 is 1.77 bits per heavy atom. The number of sulfonamides is 1. The van der Waals surface area contributed by atoms with Crippen LogP contribution < -0.4 is 5.32 Å². The van der Waals surface area contributed by atoms with Crippen molar-refractivity contribution in [3.63, 3.8) is 0 Å². The standard InChI is InChI=1S/C20H28F3N3O3S/c1-30(28,29)26-12-3-11-25(13-10-24-19(27)17-4-2-5-18(17)26)14-15-6-8-16(9-7-15)20(21,22)23/h6-9,17-18H,2-5,10-14H2,1H3,(H,24,27). The van der Waals surface area contributed by atoms with E-state index in [4.69, 9.17) is 0 Å². The van der Waals surface area contributed by atoms with Crippen LogP contribution in [0.25, 0.3) is 0 Å². The fourth-order valence-corrected chi connectivity index (χ4v) is 5.62. The van der Waals surface area contributed by atoms with Gasteiger partial charge in [-0.1, -0.05) is 18.6 Å². The molecule has 2 atom stereocenters. The molecule has 1 aromatic carbocycles. The number of carbonyl (C=O) groups excluding carboxylic acids is 1. The molecule has 3 rings (SSSR count). The minimum Gasteiger partial charge on any atom is -0.355 e. The summed E-state index contributed by atoms with van der Waals surface area (Å²) >= 11 is 0. The Hall–Kier alpha value is -1.65. The monoisotopic (exact) mass is 447 g/mol. The number of hydrogen-bond donors (Lipinski definition) is 1. The van der Waals surface area contributed by atoms with Crippen LogP contribution in [0.1, 0.15) is 36.8 Å². The Kier molecular flexibility index (Phi) is 7.09. The van der Waals surface area contributed by atoms with Gasteiger partial charge in [0.15, 0.2) is 0 Å². The molecular formula is C20H28F3N3O3S. The molecule has 10 heteroatoms.